The van der Waals surface area contributed by atoms with Gasteiger partial charge in [-0.1, -0.05) is 48.0 Å². The molecule has 30 heteroatoms. The van der Waals surface area contributed by atoms with Crippen LogP contribution in [0.4, 0.5) is 0 Å². The first kappa shape index (κ1) is 67.3. The van der Waals surface area contributed by atoms with Gasteiger partial charge < -0.3 is 85.4 Å². The maximum Gasteiger partial charge on any atom is 0.322 e. The minimum Gasteiger partial charge on any atom is -0.481 e. The van der Waals surface area contributed by atoms with Gasteiger partial charge in [0.05, 0.1) is 25.3 Å². The van der Waals surface area contributed by atoms with E-state index in [1.807, 2.05) is 0 Å². The number of imidazole rings is 1. The van der Waals surface area contributed by atoms with Crippen molar-refractivity contribution in [2.75, 3.05) is 19.6 Å². The highest BCUT2D eigenvalue weighted by Gasteiger charge is 2.35. The monoisotopic (exact) mass is 1090 g/mol. The molecule has 1 aromatic rings. The Morgan fingerprint density at radius 3 is 1.56 bits per heavy atom. The van der Waals surface area contributed by atoms with Crippen molar-refractivity contribution in [3.05, 3.63) is 18.2 Å². The van der Waals surface area contributed by atoms with E-state index in [0.29, 0.717) is 25.1 Å². The first-order valence-electron chi connectivity index (χ1n) is 25.1. The summed E-state index contributed by atoms with van der Waals surface area (Å²) in [6, 6.07) is -11.5. The Kier molecular flexibility index (Phi) is 30.3. The number of unbranched alkanes of at least 4 members (excludes halogenated alkanes) is 1. The lowest BCUT2D eigenvalue weighted by Crippen LogP contribution is -2.60. The lowest BCUT2D eigenvalue weighted by Gasteiger charge is -2.28. The van der Waals surface area contributed by atoms with Crippen molar-refractivity contribution < 1.29 is 77.6 Å². The quantitative estimate of drug-likeness (QED) is 0.0277. The van der Waals surface area contributed by atoms with E-state index >= 15 is 0 Å². The van der Waals surface area contributed by atoms with Crippen LogP contribution in [-0.4, -0.2) is 170 Å². The molecule has 0 bridgehead atoms. The Labute approximate surface area is 444 Å². The van der Waals surface area contributed by atoms with Crippen LogP contribution < -0.4 is 65.1 Å². The van der Waals surface area contributed by atoms with Crippen LogP contribution in [-0.2, 0) is 68.7 Å². The molecule has 0 aliphatic heterocycles. The van der Waals surface area contributed by atoms with Crippen LogP contribution in [0.15, 0.2) is 12.5 Å². The lowest BCUT2D eigenvalue weighted by atomic mass is 9.99. The maximum absolute atomic E-state index is 13.9. The number of nitrogens with two attached hydrogens (primary N) is 3. The second kappa shape index (κ2) is 34.7. The van der Waals surface area contributed by atoms with Crippen molar-refractivity contribution in [2.45, 2.75) is 161 Å². The molecule has 1 aromatic heterocycles. The van der Waals surface area contributed by atoms with Crippen molar-refractivity contribution in [3.63, 3.8) is 0 Å². The molecule has 0 saturated heterocycles. The molecule has 19 N–H and O–H groups in total. The fourth-order valence-corrected chi connectivity index (χ4v) is 7.31. The summed E-state index contributed by atoms with van der Waals surface area (Å²) >= 11 is 0. The molecule has 1 rings (SSSR count). The van der Waals surface area contributed by atoms with Crippen LogP contribution in [0, 0.1) is 17.8 Å². The molecule has 1 heterocycles. The van der Waals surface area contributed by atoms with E-state index in [9.17, 15) is 72.5 Å². The zero-order valence-electron chi connectivity index (χ0n) is 44.2. The van der Waals surface area contributed by atoms with Gasteiger partial charge in [0.1, 0.15) is 48.8 Å². The summed E-state index contributed by atoms with van der Waals surface area (Å²) in [5.41, 5.74) is 17.1. The normalized spacial score (nSPS) is 14.2. The zero-order chi connectivity index (χ0) is 58.5. The molecule has 10 amide bonds. The number of nitrogens with zero attached hydrogens (tertiary/aromatic N) is 1. The molecule has 0 saturated carbocycles. The highest BCUT2D eigenvalue weighted by atomic mass is 16.4. The third-order valence-electron chi connectivity index (χ3n) is 11.3. The minimum absolute atomic E-state index is 0.0293. The van der Waals surface area contributed by atoms with Gasteiger partial charge in [-0.3, -0.25) is 62.3 Å². The van der Waals surface area contributed by atoms with Crippen molar-refractivity contribution in [2.24, 2.45) is 35.0 Å². The van der Waals surface area contributed by atoms with Crippen LogP contribution in [0.1, 0.15) is 111 Å². The van der Waals surface area contributed by atoms with Gasteiger partial charge in [-0.15, -0.1) is 0 Å². The van der Waals surface area contributed by atoms with Gasteiger partial charge in [0.25, 0.3) is 0 Å². The summed E-state index contributed by atoms with van der Waals surface area (Å²) < 4.78 is 0. The Balaban J connectivity index is 3.32. The van der Waals surface area contributed by atoms with Crippen molar-refractivity contribution in [1.82, 2.24) is 57.8 Å². The number of rotatable bonds is 38. The number of H-pyrrole nitrogens is 1. The van der Waals surface area contributed by atoms with Crippen molar-refractivity contribution in [3.8, 4) is 0 Å². The number of aromatic nitrogens is 2. The highest BCUT2D eigenvalue weighted by molar-refractivity contribution is 5.98. The van der Waals surface area contributed by atoms with E-state index in [1.54, 1.807) is 27.7 Å². The number of amides is 10. The number of hydrogen-bond acceptors (Lipinski definition) is 16. The Bertz CT molecular complexity index is 2190. The Hall–Kier alpha value is -7.76. The first-order chi connectivity index (χ1) is 36.0. The van der Waals surface area contributed by atoms with Gasteiger partial charge in [-0.05, 0) is 62.8 Å². The van der Waals surface area contributed by atoms with E-state index in [2.05, 4.69) is 57.8 Å². The molecular weight excluding hydrogens is 1020 g/mol. The maximum atomic E-state index is 13.9. The van der Waals surface area contributed by atoms with Gasteiger partial charge in [0, 0.05) is 31.2 Å². The van der Waals surface area contributed by atoms with E-state index in [-0.39, 0.29) is 37.5 Å². The number of carbonyl (C=O) groups excluding carboxylic acids is 10. The second-order valence-electron chi connectivity index (χ2n) is 19.5. The number of primary amides is 1. The van der Waals surface area contributed by atoms with Gasteiger partial charge in [-0.2, -0.15) is 0 Å². The molecule has 0 fully saturated rings. The van der Waals surface area contributed by atoms with Gasteiger partial charge in [-0.25, -0.2) is 4.98 Å². The summed E-state index contributed by atoms with van der Waals surface area (Å²) in [5.74, 6) is -14.8. The number of aromatic amines is 1. The smallest absolute Gasteiger partial charge is 0.322 e. The van der Waals surface area contributed by atoms with E-state index in [0.717, 1.165) is 0 Å². The van der Waals surface area contributed by atoms with E-state index in [4.69, 9.17) is 22.3 Å². The number of carboxylic acid groups (broad SMARTS) is 3. The lowest BCUT2D eigenvalue weighted by molar-refractivity contribution is -0.141. The topological polar surface area (TPSA) is 498 Å². The highest BCUT2D eigenvalue weighted by Crippen LogP contribution is 2.12. The predicted molar refractivity (Wildman–Crippen MR) is 272 cm³/mol. The number of aliphatic carboxylic acids is 3. The van der Waals surface area contributed by atoms with E-state index < -0.39 is 176 Å². The number of hydrogen-bond donors (Lipinski definition) is 16. The van der Waals surface area contributed by atoms with Crippen LogP contribution >= 0.6 is 0 Å². The molecule has 0 unspecified atom stereocenters. The molecule has 0 spiro atoms. The SMILES string of the molecule is CC(C)C[C@H](NC(=O)[C@H](Cc1cnc[nH]1)NC(=O)[C@H](CCC(=O)O)NC(=O)CNC(=O)[C@H](CCC(N)=O)NC(=O)[C@@H](NC(=O)[C@H](CC(C)C)NC(=O)[C@H](CC(=O)O)NC(=O)[C@@H](N)CCCCN)C(C)C)C(=O)NCC(=O)O. The fourth-order valence-electron chi connectivity index (χ4n) is 7.31. The van der Waals surface area contributed by atoms with Gasteiger partial charge in [0.15, 0.2) is 0 Å². The average Bonchev–Trinajstić information content (AvgIpc) is 3.85. The van der Waals surface area contributed by atoms with Crippen molar-refractivity contribution in [1.29, 1.82) is 0 Å². The molecular formula is C47H78N14O16. The van der Waals surface area contributed by atoms with Crippen LogP contribution in [0.5, 0.6) is 0 Å². The summed E-state index contributed by atoms with van der Waals surface area (Å²) in [6.45, 7) is 8.70. The summed E-state index contributed by atoms with van der Waals surface area (Å²) in [7, 11) is 0. The average molecular weight is 1100 g/mol. The molecule has 0 radical (unpaired) electrons. The minimum atomic E-state index is -1.65. The molecule has 8 atom stereocenters. The first-order valence-corrected chi connectivity index (χ1v) is 25.1. The standard InChI is InChI=1S/C47H78N14O16/c1-23(2)15-30(42(72)53-21-38(68)69)58-44(74)32(17-26-19-51-22-54-26)60-43(73)29(11-13-36(64)65)55-35(63)20-52-41(71)28(10-12-34(50)62)56-47(77)39(25(5)6)61-46(76)31(16-24(3)4)59-45(75)33(18-37(66)67)57-40(70)27(49)9-7-8-14-48/h19,22-25,27-33,39H,7-18,20-21,48-49H2,1-6H3,(H2,50,62)(H,51,54)(H,52,71)(H,53,72)(H,55,63)(H,56,77)(H,57,70)(H,58,74)(H,59,75)(H,60,73)(H,61,76)(H,64,65)(H,66,67)(H,68,69)/t27-,28-,29-,30-,31-,32-,33-,39-/m0/s1. The Morgan fingerprint density at radius 2 is 1.04 bits per heavy atom. The van der Waals surface area contributed by atoms with Crippen LogP contribution in [0.3, 0.4) is 0 Å². The van der Waals surface area contributed by atoms with Gasteiger partial charge >= 0.3 is 17.9 Å². The van der Waals surface area contributed by atoms with E-state index in [1.165, 1.54) is 26.4 Å². The molecule has 0 aromatic carbocycles. The molecule has 30 nitrogen and oxygen atoms in total. The largest absolute Gasteiger partial charge is 0.481 e. The Morgan fingerprint density at radius 1 is 0.545 bits per heavy atom. The summed E-state index contributed by atoms with van der Waals surface area (Å²) in [6.07, 6.45) is 0.709. The number of carboxylic acids is 3. The fraction of sp³-hybridized carbons (Fsp3) is 0.660. The molecule has 0 aliphatic carbocycles. The van der Waals surface area contributed by atoms with Crippen molar-refractivity contribution >= 4 is 77.0 Å². The molecule has 432 valence electrons. The summed E-state index contributed by atoms with van der Waals surface area (Å²) in [4.78, 5) is 174. The third kappa shape index (κ3) is 27.6. The summed E-state index contributed by atoms with van der Waals surface area (Å²) in [5, 5.41) is 49.5. The van der Waals surface area contributed by atoms with Gasteiger partial charge in [0.2, 0.25) is 59.1 Å². The number of carbonyl (C=O) groups is 13. The molecule has 0 aliphatic rings. The number of nitrogens with one attached hydrogen (secondary N) is 10. The predicted octanol–water partition coefficient (Wildman–Crippen LogP) is -4.53. The third-order valence-corrected chi connectivity index (χ3v) is 11.3. The zero-order valence-corrected chi connectivity index (χ0v) is 44.2. The molecule has 77 heavy (non-hydrogen) atoms. The van der Waals surface area contributed by atoms with Crippen LogP contribution in [0.25, 0.3) is 0 Å². The van der Waals surface area contributed by atoms with Crippen LogP contribution in [0.2, 0.25) is 0 Å². The second-order valence-corrected chi connectivity index (χ2v) is 19.5.